The molecule has 6 fully saturated rings. The minimum atomic E-state index is -1.00. The Labute approximate surface area is 875 Å². The van der Waals surface area contributed by atoms with E-state index in [1.807, 2.05) is 64.9 Å². The summed E-state index contributed by atoms with van der Waals surface area (Å²) in [5, 5.41) is 6.80. The van der Waals surface area contributed by atoms with Crippen molar-refractivity contribution in [3.8, 4) is 0 Å². The van der Waals surface area contributed by atoms with E-state index in [9.17, 15) is 28.4 Å². The van der Waals surface area contributed by atoms with Crippen LogP contribution in [0.25, 0.3) is 0 Å². The van der Waals surface area contributed by atoms with Crippen molar-refractivity contribution >= 4 is 146 Å². The standard InChI is InChI=1S/C29H39N7O2.C23H29N5O.C22H27N5O.C14H19ClN4O.C9H11N.C6H14N2.CH3F.3CO2.Li.H2O/c1-4-23-28(38)34(3)25-18-30-29(32-26(25)36(23)22-7-5-6-8-22)35-16-11-19-17-20(9-10-24(19)35)27(37)31-21-12-14-33(2)15-13-21;1-4-18-22(29)26(3)20-14-24-23(25-21(20)28(18)17-7-5-6-8-17)27-12-11-16-13-15(2)9-10-19(16)27;1-3-17-21(28)25(2)19-14-23-22(24-20(19)27(17)16-9-5-6-10-16)26-13-12-15-8-4-7-11-18(15)26;1-3-10-13(20)18(2)11-8-16-14(15)17-12(11)19(10)9-6-4-5-7-9;1-7-2-3-9-8(6-7)4-5-10-9;1-8-4-2-6(7)3-5-8;1-2;3*2-1-3;;/h9-10,17-18,21-23H,4-8,11-16H2,1-3H3,(H,31,37);9-10,13-14,17-18H,4-8,11-12H2,1-3H3;4,7-8,11,14,16-17H,3,5-6,9-10,12-13H2,1-2H3;8-10H,3-7H2,1-2H3;2-3,6,10H,4-5H2,1H3;6H,2-5,7H2,1H3;1H3;;;;;1H2/q;;;;;;;;;;+1;/p-1/t23-;18-;17-;10-;;;;;;;;/m1111......../s1/i;;;;;;1D;;;;;. The quantitative estimate of drug-likeness (QED) is 0.0713. The number of nitrogens with two attached hydrogens (primary N) is 1. The molecule has 14 aliphatic rings. The molecule has 5 amide bonds. The van der Waals surface area contributed by atoms with E-state index in [0.717, 1.165) is 218 Å². The Bertz CT molecular complexity index is 5850. The fourth-order valence-corrected chi connectivity index (χ4v) is 22.9. The Hall–Kier alpha value is -12.3. The summed E-state index contributed by atoms with van der Waals surface area (Å²) in [6, 6.07) is 29.3. The molecule has 778 valence electrons. The number of carbonyl (C=O) groups excluding carboxylic acids is 11. The van der Waals surface area contributed by atoms with Crippen molar-refractivity contribution in [2.24, 2.45) is 5.73 Å². The zero-order chi connectivity index (χ0) is 104. The number of hydrogen-bond donors (Lipinski definition) is 3. The second kappa shape index (κ2) is 53.9. The maximum absolute atomic E-state index is 13.2. The van der Waals surface area contributed by atoms with Gasteiger partial charge in [-0.25, -0.2) is 19.9 Å². The number of amides is 5. The van der Waals surface area contributed by atoms with Gasteiger partial charge in [0, 0.05) is 119 Å². The average Bonchev–Trinajstić information content (AvgIpc) is 1.74. The summed E-state index contributed by atoms with van der Waals surface area (Å²) in [7, 11) is 10.6. The van der Waals surface area contributed by atoms with Crippen LogP contribution in [0.15, 0.2) is 104 Å². The number of nitrogens with one attached hydrogen (secondary N) is 2. The van der Waals surface area contributed by atoms with Crippen molar-refractivity contribution in [3.05, 3.63) is 148 Å². The Morgan fingerprint density at radius 3 is 1.13 bits per heavy atom. The first-order chi connectivity index (χ1) is 70.1. The number of hydrogen-bond acceptors (Lipinski definition) is 31. The molecule has 22 rings (SSSR count). The van der Waals surface area contributed by atoms with Crippen LogP contribution in [0.3, 0.4) is 0 Å². The van der Waals surface area contributed by atoms with Crippen molar-refractivity contribution in [3.63, 3.8) is 0 Å². The third-order valence-corrected chi connectivity index (χ3v) is 30.5. The van der Waals surface area contributed by atoms with E-state index in [-0.39, 0.29) is 108 Å². The van der Waals surface area contributed by atoms with Gasteiger partial charge >= 0.3 is 37.3 Å². The van der Waals surface area contributed by atoms with Crippen LogP contribution in [-0.4, -0.2) is 265 Å². The van der Waals surface area contributed by atoms with E-state index in [1.165, 1.54) is 129 Å². The van der Waals surface area contributed by atoms with E-state index in [0.29, 0.717) is 41.7 Å². The number of likely N-dealkylation sites (N-methyl/N-ethyl adjacent to an activating group) is 4. The molecule has 0 spiro atoms. The molecule has 5 N–H and O–H groups in total. The van der Waals surface area contributed by atoms with Gasteiger partial charge in [0.2, 0.25) is 46.8 Å². The van der Waals surface area contributed by atoms with Gasteiger partial charge in [0.15, 0.2) is 23.3 Å². The van der Waals surface area contributed by atoms with Gasteiger partial charge < -0.3 is 85.5 Å². The van der Waals surface area contributed by atoms with Crippen molar-refractivity contribution in [1.82, 2.24) is 55.0 Å². The number of fused-ring (bicyclic) bond motifs is 8. The molecule has 2 saturated heterocycles. The van der Waals surface area contributed by atoms with E-state index in [1.54, 1.807) is 32.8 Å². The van der Waals surface area contributed by atoms with Gasteiger partial charge in [0.25, 0.3) is 5.91 Å². The Morgan fingerprint density at radius 1 is 0.432 bits per heavy atom. The molecule has 4 aromatic heterocycles. The molecule has 0 radical (unpaired) electrons. The number of para-hydroxylation sites is 1. The number of anilines is 15. The number of likely N-dealkylation sites (tertiary alicyclic amines) is 2. The van der Waals surface area contributed by atoms with Gasteiger partial charge in [-0.05, 0) is 253 Å². The van der Waals surface area contributed by atoms with E-state index >= 15 is 0 Å². The minimum absolute atomic E-state index is 0. The number of aryl methyl sites for hydroxylation is 2. The van der Waals surface area contributed by atoms with Crippen LogP contribution in [0.4, 0.5) is 91.0 Å². The number of rotatable bonds is 13. The molecule has 4 aromatic carbocycles. The van der Waals surface area contributed by atoms with Gasteiger partial charge in [-0.15, -0.1) is 0 Å². The largest absolute Gasteiger partial charge is 1.00 e. The predicted octanol–water partition coefficient (Wildman–Crippen LogP) is 11.5. The zero-order valence-corrected chi connectivity index (χ0v) is 87.7. The molecule has 14 heterocycles. The fourth-order valence-electron chi connectivity index (χ4n) is 22.8. The normalized spacial score (nSPS) is 20.3. The van der Waals surface area contributed by atoms with Gasteiger partial charge in [0.1, 0.15) is 46.9 Å². The average molecular weight is 2020 g/mol. The maximum atomic E-state index is 13.2. The maximum Gasteiger partial charge on any atom is 1.00 e. The van der Waals surface area contributed by atoms with Crippen molar-refractivity contribution in [2.45, 2.75) is 282 Å². The third kappa shape index (κ3) is 25.9. The van der Waals surface area contributed by atoms with Crippen LogP contribution >= 0.6 is 11.6 Å². The van der Waals surface area contributed by atoms with Crippen LogP contribution in [0.1, 0.15) is 227 Å². The smallest absolute Gasteiger partial charge is 0.870 e. The monoisotopic (exact) mass is 2020 g/mol. The summed E-state index contributed by atoms with van der Waals surface area (Å²) in [4.78, 5) is 179. The molecule has 146 heavy (non-hydrogen) atoms. The van der Waals surface area contributed by atoms with Gasteiger partial charge in [-0.2, -0.15) is 48.7 Å². The molecular formula is C107H143ClFLiN24O12. The second-order valence-electron chi connectivity index (χ2n) is 39.2. The van der Waals surface area contributed by atoms with Crippen molar-refractivity contribution < 1.29 is 82.8 Å². The Balaban J connectivity index is 0.000000171. The molecule has 0 bridgehead atoms. The fraction of sp³-hybridized carbons (Fsp3) is 0.551. The third-order valence-electron chi connectivity index (χ3n) is 30.3. The predicted molar refractivity (Wildman–Crippen MR) is 558 cm³/mol. The number of piperidine rings is 2. The molecule has 10 aliphatic heterocycles. The molecule has 0 unspecified atom stereocenters. The zero-order valence-electron chi connectivity index (χ0n) is 87.9. The summed E-state index contributed by atoms with van der Waals surface area (Å²) >= 11 is 5.97. The number of alkyl halides is 1. The van der Waals surface area contributed by atoms with Crippen LogP contribution in [0.2, 0.25) is 5.28 Å². The summed E-state index contributed by atoms with van der Waals surface area (Å²) in [5.74, 6) is 6.25. The van der Waals surface area contributed by atoms with E-state index in [4.69, 9.17) is 67.4 Å². The van der Waals surface area contributed by atoms with Crippen LogP contribution in [0.5, 0.6) is 0 Å². The second-order valence-corrected chi connectivity index (χ2v) is 39.6. The summed E-state index contributed by atoms with van der Waals surface area (Å²) < 4.78 is 15.5. The molecule has 4 saturated carbocycles. The molecule has 36 nitrogen and oxygen atoms in total. The topological polar surface area (TPSA) is 413 Å². The number of halogens is 2. The molecule has 8 aromatic rings. The molecule has 39 heteroatoms. The summed E-state index contributed by atoms with van der Waals surface area (Å²) in [5.41, 5.74) is 22.4. The van der Waals surface area contributed by atoms with Crippen LogP contribution in [0, 0.1) is 13.8 Å². The first kappa shape index (κ1) is 112. The van der Waals surface area contributed by atoms with E-state index in [2.05, 4.69) is 184 Å². The van der Waals surface area contributed by atoms with Crippen LogP contribution in [-0.2, 0) is 73.6 Å². The van der Waals surface area contributed by atoms with E-state index < -0.39 is 7.15 Å². The summed E-state index contributed by atoms with van der Waals surface area (Å²) in [6.07, 6.45) is 38.2. The summed E-state index contributed by atoms with van der Waals surface area (Å²) in [6.45, 7) is 20.7. The Morgan fingerprint density at radius 2 is 0.753 bits per heavy atom. The molecular weight excluding hydrogens is 1870 g/mol. The van der Waals surface area contributed by atoms with Gasteiger partial charge in [0.05, 0.1) is 33.3 Å². The van der Waals surface area contributed by atoms with Gasteiger partial charge in [-0.3, -0.25) is 28.4 Å². The van der Waals surface area contributed by atoms with Crippen molar-refractivity contribution in [1.29, 1.82) is 0 Å². The number of benzene rings is 4. The Kier molecular flexibility index (Phi) is 41.5. The first-order valence-corrected chi connectivity index (χ1v) is 51.6. The molecule has 4 atom stereocenters. The number of nitrogens with zero attached hydrogens (tertiary/aromatic N) is 21. The first-order valence-electron chi connectivity index (χ1n) is 52.0. The number of carbonyl (C=O) groups is 5. The van der Waals surface area contributed by atoms with Crippen LogP contribution < -0.4 is 89.1 Å². The SMILES string of the molecule is CC[C@@H]1C(=O)N(C)c2cnc(Cl)nc2N1C1CCCC1.CC[C@@H]1C(=O)N(C)c2cnc(N3CCc4cc(C(=O)NC5CCN(C)CC5)ccc43)nc2N1C1CCCC1.CC[C@@H]1C(=O)N(C)c2cnc(N3CCc4cc(C)ccc43)nc2N1C1CCCC1.CC[C@@H]1C(=O)N(C)c2cnc(N3CCc4ccccc43)nc2N1C1CCCC1.CN1CCC(N)CC1.Cc1ccc2c(c1)CCN2.O=C=O.O=C=O.O=C=O.[2H]CF.[Li+].[OH-]. The molecule has 4 aliphatic carbocycles. The van der Waals surface area contributed by atoms with Gasteiger partial charge in [-0.1, -0.05) is 133 Å². The van der Waals surface area contributed by atoms with Crippen molar-refractivity contribution in [2.75, 3.05) is 161 Å². The minimum Gasteiger partial charge on any atom is -0.870 e. The number of aromatic nitrogens is 8.